The summed E-state index contributed by atoms with van der Waals surface area (Å²) in [6.07, 6.45) is 0. The molecule has 0 saturated carbocycles. The molecule has 0 saturated heterocycles. The third-order valence-electron chi connectivity index (χ3n) is 2.67. The number of carbonyl (C=O) groups is 1. The molecule has 0 heterocycles. The lowest BCUT2D eigenvalue weighted by atomic mass is 10.0. The zero-order valence-electron chi connectivity index (χ0n) is 10.2. The van der Waals surface area contributed by atoms with Crippen molar-refractivity contribution < 1.29 is 4.79 Å². The maximum Gasteiger partial charge on any atom is 0.195 e. The van der Waals surface area contributed by atoms with Crippen molar-refractivity contribution in [2.45, 2.75) is 0 Å². The quantitative estimate of drug-likeness (QED) is 0.647. The molecule has 0 atom stereocenters. The first-order valence-corrected chi connectivity index (χ1v) is 7.41. The highest BCUT2D eigenvalue weighted by Crippen LogP contribution is 2.23. The van der Waals surface area contributed by atoms with E-state index >= 15 is 0 Å². The molecule has 0 spiro atoms. The van der Waals surface area contributed by atoms with Crippen molar-refractivity contribution in [2.24, 2.45) is 0 Å². The number of hydrogen-bond donors (Lipinski definition) is 1. The molecular weight excluding hydrogens is 326 g/mol. The molecule has 0 unspecified atom stereocenters. The number of hydrogen-bond acceptors (Lipinski definition) is 2. The highest BCUT2D eigenvalue weighted by molar-refractivity contribution is 9.09. The molecule has 0 aromatic heterocycles. The van der Waals surface area contributed by atoms with Crippen LogP contribution in [0.4, 0.5) is 5.69 Å². The van der Waals surface area contributed by atoms with Crippen molar-refractivity contribution in [3.05, 3.63) is 64.7 Å². The lowest BCUT2D eigenvalue weighted by Gasteiger charge is -2.11. The van der Waals surface area contributed by atoms with Gasteiger partial charge in [0.1, 0.15) is 0 Å². The number of nitrogens with one attached hydrogen (secondary N) is 1. The van der Waals surface area contributed by atoms with Crippen molar-refractivity contribution in [2.75, 3.05) is 17.2 Å². The number of alkyl halides is 1. The summed E-state index contributed by atoms with van der Waals surface area (Å²) in [6.45, 7) is 0.747. The second-order valence-corrected chi connectivity index (χ2v) is 5.23. The normalized spacial score (nSPS) is 10.2. The molecule has 2 aromatic rings. The highest BCUT2D eigenvalue weighted by Gasteiger charge is 2.13. The van der Waals surface area contributed by atoms with E-state index in [9.17, 15) is 4.79 Å². The smallest absolute Gasteiger partial charge is 0.195 e. The largest absolute Gasteiger partial charge is 0.384 e. The van der Waals surface area contributed by atoms with E-state index in [4.69, 9.17) is 11.6 Å². The second kappa shape index (κ2) is 6.73. The van der Waals surface area contributed by atoms with Gasteiger partial charge in [-0.25, -0.2) is 0 Å². The Kier molecular flexibility index (Phi) is 5.00. The SMILES string of the molecule is O=C(c1ccccc1)c1cc(Cl)ccc1NCCBr. The number of rotatable bonds is 5. The molecule has 2 aromatic carbocycles. The summed E-state index contributed by atoms with van der Waals surface area (Å²) in [5.74, 6) is -0.0276. The van der Waals surface area contributed by atoms with Crippen LogP contribution in [0.1, 0.15) is 15.9 Å². The van der Waals surface area contributed by atoms with Crippen LogP contribution in [0.3, 0.4) is 0 Å². The lowest BCUT2D eigenvalue weighted by molar-refractivity contribution is 0.103. The van der Waals surface area contributed by atoms with E-state index in [2.05, 4.69) is 21.2 Å². The van der Waals surface area contributed by atoms with E-state index < -0.39 is 0 Å². The predicted molar refractivity (Wildman–Crippen MR) is 83.6 cm³/mol. The monoisotopic (exact) mass is 337 g/mol. The van der Waals surface area contributed by atoms with Gasteiger partial charge >= 0.3 is 0 Å². The third kappa shape index (κ3) is 3.58. The standard InChI is InChI=1S/C15H13BrClNO/c16-8-9-18-14-7-6-12(17)10-13(14)15(19)11-4-2-1-3-5-11/h1-7,10,18H,8-9H2. The predicted octanol–water partition coefficient (Wildman–Crippen LogP) is 4.38. The van der Waals surface area contributed by atoms with Crippen molar-refractivity contribution in [1.82, 2.24) is 0 Å². The van der Waals surface area contributed by atoms with Crippen LogP contribution in [0.25, 0.3) is 0 Å². The molecule has 2 nitrogen and oxygen atoms in total. The van der Waals surface area contributed by atoms with Gasteiger partial charge in [0.15, 0.2) is 5.78 Å². The van der Waals surface area contributed by atoms with Crippen LogP contribution in [0.15, 0.2) is 48.5 Å². The minimum Gasteiger partial charge on any atom is -0.384 e. The van der Waals surface area contributed by atoms with Gasteiger partial charge < -0.3 is 5.32 Å². The summed E-state index contributed by atoms with van der Waals surface area (Å²) in [5, 5.41) is 4.59. The van der Waals surface area contributed by atoms with Crippen LogP contribution in [-0.2, 0) is 0 Å². The topological polar surface area (TPSA) is 29.1 Å². The summed E-state index contributed by atoms with van der Waals surface area (Å²) in [4.78, 5) is 12.5. The van der Waals surface area contributed by atoms with Gasteiger partial charge in [-0.15, -0.1) is 0 Å². The Labute approximate surface area is 125 Å². The van der Waals surface area contributed by atoms with Crippen LogP contribution < -0.4 is 5.32 Å². The first-order valence-electron chi connectivity index (χ1n) is 5.91. The van der Waals surface area contributed by atoms with E-state index in [0.717, 1.165) is 17.6 Å². The molecule has 98 valence electrons. The molecule has 0 aliphatic heterocycles. The molecule has 0 aliphatic carbocycles. The molecule has 1 N–H and O–H groups in total. The van der Waals surface area contributed by atoms with Crippen LogP contribution in [0, 0.1) is 0 Å². The summed E-state index contributed by atoms with van der Waals surface area (Å²) in [5.41, 5.74) is 2.06. The molecule has 2 rings (SSSR count). The van der Waals surface area contributed by atoms with E-state index in [-0.39, 0.29) is 5.78 Å². The summed E-state index contributed by atoms with van der Waals surface area (Å²) >= 11 is 9.35. The van der Waals surface area contributed by atoms with Crippen LogP contribution in [-0.4, -0.2) is 17.7 Å². The van der Waals surface area contributed by atoms with Gasteiger partial charge in [0.25, 0.3) is 0 Å². The molecule has 0 amide bonds. The molecule has 0 bridgehead atoms. The highest BCUT2D eigenvalue weighted by atomic mass is 79.9. The van der Waals surface area contributed by atoms with Gasteiger partial charge in [-0.05, 0) is 18.2 Å². The maximum absolute atomic E-state index is 12.5. The average Bonchev–Trinajstić information content (AvgIpc) is 2.46. The van der Waals surface area contributed by atoms with Gasteiger partial charge in [-0.2, -0.15) is 0 Å². The van der Waals surface area contributed by atoms with E-state index in [1.165, 1.54) is 0 Å². The molecule has 4 heteroatoms. The van der Waals surface area contributed by atoms with Crippen molar-refractivity contribution in [3.8, 4) is 0 Å². The summed E-state index contributed by atoms with van der Waals surface area (Å²) in [7, 11) is 0. The number of ketones is 1. The zero-order valence-corrected chi connectivity index (χ0v) is 12.5. The first kappa shape index (κ1) is 14.1. The summed E-state index contributed by atoms with van der Waals surface area (Å²) in [6, 6.07) is 14.5. The van der Waals surface area contributed by atoms with Gasteiger partial charge in [0.05, 0.1) is 0 Å². The zero-order chi connectivity index (χ0) is 13.7. The average molecular weight is 339 g/mol. The fraction of sp³-hybridized carbons (Fsp3) is 0.133. The van der Waals surface area contributed by atoms with Crippen LogP contribution in [0.5, 0.6) is 0 Å². The molecule has 0 radical (unpaired) electrons. The molecular formula is C15H13BrClNO. The Morgan fingerprint density at radius 2 is 1.89 bits per heavy atom. The number of carbonyl (C=O) groups excluding carboxylic acids is 1. The van der Waals surface area contributed by atoms with E-state index in [1.54, 1.807) is 24.3 Å². The van der Waals surface area contributed by atoms with Crippen LogP contribution >= 0.6 is 27.5 Å². The Hall–Kier alpha value is -1.32. The second-order valence-electron chi connectivity index (χ2n) is 4.00. The van der Waals surface area contributed by atoms with Crippen molar-refractivity contribution in [3.63, 3.8) is 0 Å². The van der Waals surface area contributed by atoms with Gasteiger partial charge in [0, 0.05) is 33.7 Å². The Balaban J connectivity index is 2.37. The van der Waals surface area contributed by atoms with Crippen molar-refractivity contribution in [1.29, 1.82) is 0 Å². The van der Waals surface area contributed by atoms with Crippen LogP contribution in [0.2, 0.25) is 5.02 Å². The first-order chi connectivity index (χ1) is 9.22. The summed E-state index contributed by atoms with van der Waals surface area (Å²) < 4.78 is 0. The molecule has 19 heavy (non-hydrogen) atoms. The minimum atomic E-state index is -0.0276. The van der Waals surface area contributed by atoms with E-state index in [0.29, 0.717) is 16.1 Å². The number of anilines is 1. The van der Waals surface area contributed by atoms with Crippen molar-refractivity contribution >= 4 is 39.0 Å². The number of benzene rings is 2. The third-order valence-corrected chi connectivity index (χ3v) is 3.30. The maximum atomic E-state index is 12.5. The Morgan fingerprint density at radius 3 is 2.58 bits per heavy atom. The van der Waals surface area contributed by atoms with Gasteiger partial charge in [-0.3, -0.25) is 4.79 Å². The fourth-order valence-electron chi connectivity index (χ4n) is 1.79. The number of halogens is 2. The minimum absolute atomic E-state index is 0.0276. The Bertz CT molecular complexity index is 572. The molecule has 0 aliphatic rings. The van der Waals surface area contributed by atoms with Gasteiger partial charge in [-0.1, -0.05) is 57.9 Å². The Morgan fingerprint density at radius 1 is 1.16 bits per heavy atom. The lowest BCUT2D eigenvalue weighted by Crippen LogP contribution is -2.09. The molecule has 0 fully saturated rings. The fourth-order valence-corrected chi connectivity index (χ4v) is 2.16. The van der Waals surface area contributed by atoms with E-state index in [1.807, 2.05) is 24.3 Å². The van der Waals surface area contributed by atoms with Gasteiger partial charge in [0.2, 0.25) is 0 Å².